The number of nitrogens with two attached hydrogens (primary N) is 1. The molecule has 0 spiro atoms. The smallest absolute Gasteiger partial charge is 0.326 e. The first-order valence-electron chi connectivity index (χ1n) is 6.17. The number of hydrogen-bond acceptors (Lipinski definition) is 3. The lowest BCUT2D eigenvalue weighted by molar-refractivity contribution is -0.142. The Labute approximate surface area is 103 Å². The van der Waals surface area contributed by atoms with Gasteiger partial charge in [0.2, 0.25) is 5.91 Å². The molecule has 100 valence electrons. The molecule has 0 aromatic carbocycles. The number of unbranched alkanes of at least 4 members (excludes halogenated alkanes) is 1. The largest absolute Gasteiger partial charge is 0.480 e. The lowest BCUT2D eigenvalue weighted by Gasteiger charge is -2.19. The van der Waals surface area contributed by atoms with Crippen molar-refractivity contribution >= 4 is 11.9 Å². The maximum Gasteiger partial charge on any atom is 0.326 e. The van der Waals surface area contributed by atoms with Gasteiger partial charge < -0.3 is 16.2 Å². The van der Waals surface area contributed by atoms with Crippen LogP contribution in [0.1, 0.15) is 46.5 Å². The average molecular weight is 244 g/mol. The zero-order chi connectivity index (χ0) is 13.4. The summed E-state index contributed by atoms with van der Waals surface area (Å²) in [5.41, 5.74) is 5.68. The summed E-state index contributed by atoms with van der Waals surface area (Å²) < 4.78 is 0. The highest BCUT2D eigenvalue weighted by Crippen LogP contribution is 2.06. The van der Waals surface area contributed by atoms with E-state index in [4.69, 9.17) is 10.8 Å². The summed E-state index contributed by atoms with van der Waals surface area (Å²) in [7, 11) is 0. The van der Waals surface area contributed by atoms with Crippen LogP contribution < -0.4 is 11.1 Å². The lowest BCUT2D eigenvalue weighted by atomic mass is 10.0. The number of carbonyl (C=O) groups excluding carboxylic acids is 1. The Bertz CT molecular complexity index is 254. The van der Waals surface area contributed by atoms with Crippen molar-refractivity contribution in [1.29, 1.82) is 0 Å². The van der Waals surface area contributed by atoms with Gasteiger partial charge in [0.1, 0.15) is 6.04 Å². The maximum atomic E-state index is 11.6. The Morgan fingerprint density at radius 1 is 1.35 bits per heavy atom. The average Bonchev–Trinajstić information content (AvgIpc) is 2.23. The van der Waals surface area contributed by atoms with E-state index >= 15 is 0 Å². The molecule has 0 aliphatic heterocycles. The van der Waals surface area contributed by atoms with Crippen molar-refractivity contribution in [2.24, 2.45) is 11.7 Å². The molecule has 5 nitrogen and oxygen atoms in total. The molecule has 0 saturated heterocycles. The molecule has 0 bridgehead atoms. The van der Waals surface area contributed by atoms with Crippen molar-refractivity contribution in [3.63, 3.8) is 0 Å². The molecule has 1 unspecified atom stereocenters. The number of carboxylic acids is 1. The fourth-order valence-electron chi connectivity index (χ4n) is 1.53. The van der Waals surface area contributed by atoms with Crippen molar-refractivity contribution in [3.8, 4) is 0 Å². The second kappa shape index (κ2) is 8.06. The van der Waals surface area contributed by atoms with Crippen LogP contribution in [0.4, 0.5) is 0 Å². The molecule has 0 heterocycles. The van der Waals surface area contributed by atoms with Crippen molar-refractivity contribution in [2.75, 3.05) is 0 Å². The summed E-state index contributed by atoms with van der Waals surface area (Å²) in [6.45, 7) is 5.85. The number of hydrogen-bond donors (Lipinski definition) is 3. The quantitative estimate of drug-likeness (QED) is 0.596. The van der Waals surface area contributed by atoms with E-state index in [1.54, 1.807) is 0 Å². The molecule has 0 aliphatic rings. The Hall–Kier alpha value is -1.10. The minimum Gasteiger partial charge on any atom is -0.480 e. The highest BCUT2D eigenvalue weighted by molar-refractivity contribution is 5.86. The minimum atomic E-state index is -1.00. The Morgan fingerprint density at radius 2 is 1.94 bits per heavy atom. The normalized spacial score (nSPS) is 14.4. The molecule has 0 aliphatic carbocycles. The number of rotatable bonds is 8. The lowest BCUT2D eigenvalue weighted by Crippen LogP contribution is -2.48. The molecule has 4 N–H and O–H groups in total. The Balaban J connectivity index is 4.25. The highest BCUT2D eigenvalue weighted by Gasteiger charge is 2.23. The van der Waals surface area contributed by atoms with Crippen molar-refractivity contribution in [1.82, 2.24) is 5.32 Å². The van der Waals surface area contributed by atoms with E-state index in [2.05, 4.69) is 5.32 Å². The van der Waals surface area contributed by atoms with Gasteiger partial charge in [0, 0.05) is 0 Å². The van der Waals surface area contributed by atoms with E-state index < -0.39 is 18.1 Å². The van der Waals surface area contributed by atoms with Crippen molar-refractivity contribution < 1.29 is 14.7 Å². The zero-order valence-corrected chi connectivity index (χ0v) is 10.9. The first-order chi connectivity index (χ1) is 7.88. The van der Waals surface area contributed by atoms with Crippen LogP contribution >= 0.6 is 0 Å². The van der Waals surface area contributed by atoms with E-state index in [9.17, 15) is 9.59 Å². The van der Waals surface area contributed by atoms with Crippen LogP contribution in [-0.4, -0.2) is 29.1 Å². The van der Waals surface area contributed by atoms with Gasteiger partial charge in [-0.05, 0) is 18.8 Å². The number of carboxylic acid groups (broad SMARTS) is 1. The predicted molar refractivity (Wildman–Crippen MR) is 66.5 cm³/mol. The van der Waals surface area contributed by atoms with E-state index in [0.717, 1.165) is 12.8 Å². The van der Waals surface area contributed by atoms with Crippen LogP contribution in [-0.2, 0) is 9.59 Å². The minimum absolute atomic E-state index is 0.211. The molecule has 0 rings (SSSR count). The van der Waals surface area contributed by atoms with Crippen LogP contribution in [0, 0.1) is 5.92 Å². The topological polar surface area (TPSA) is 92.4 Å². The third kappa shape index (κ3) is 6.94. The molecular formula is C12H24N2O3. The van der Waals surface area contributed by atoms with Gasteiger partial charge in [-0.15, -0.1) is 0 Å². The van der Waals surface area contributed by atoms with E-state index in [1.165, 1.54) is 0 Å². The van der Waals surface area contributed by atoms with Crippen molar-refractivity contribution in [3.05, 3.63) is 0 Å². The van der Waals surface area contributed by atoms with Gasteiger partial charge in [0.25, 0.3) is 0 Å². The Morgan fingerprint density at radius 3 is 2.35 bits per heavy atom. The van der Waals surface area contributed by atoms with Gasteiger partial charge in [0.05, 0.1) is 6.04 Å². The summed E-state index contributed by atoms with van der Waals surface area (Å²) in [4.78, 5) is 22.6. The summed E-state index contributed by atoms with van der Waals surface area (Å²) in [6, 6.07) is -1.45. The van der Waals surface area contributed by atoms with Gasteiger partial charge in [0.15, 0.2) is 0 Å². The molecule has 0 fully saturated rings. The summed E-state index contributed by atoms with van der Waals surface area (Å²) in [6.07, 6.45) is 2.85. The van der Waals surface area contributed by atoms with Gasteiger partial charge in [-0.3, -0.25) is 4.79 Å². The molecule has 17 heavy (non-hydrogen) atoms. The standard InChI is InChI=1S/C12H24N2O3/c1-4-5-6-9(13)11(15)14-10(12(16)17)7-8(2)3/h8-10H,4-7,13H2,1-3H3,(H,14,15)(H,16,17)/t9?,10-/m0/s1. The number of nitrogens with one attached hydrogen (secondary N) is 1. The number of aliphatic carboxylic acids is 1. The first kappa shape index (κ1) is 15.9. The fraction of sp³-hybridized carbons (Fsp3) is 0.833. The van der Waals surface area contributed by atoms with Gasteiger partial charge in [-0.1, -0.05) is 33.6 Å². The molecule has 2 atom stereocenters. The Kier molecular flexibility index (Phi) is 7.54. The summed E-state index contributed by atoms with van der Waals surface area (Å²) in [5, 5.41) is 11.5. The highest BCUT2D eigenvalue weighted by atomic mass is 16.4. The van der Waals surface area contributed by atoms with Crippen LogP contribution in [0.15, 0.2) is 0 Å². The van der Waals surface area contributed by atoms with Crippen LogP contribution in [0.2, 0.25) is 0 Å². The van der Waals surface area contributed by atoms with Crippen LogP contribution in [0.3, 0.4) is 0 Å². The van der Waals surface area contributed by atoms with Crippen LogP contribution in [0.25, 0.3) is 0 Å². The van der Waals surface area contributed by atoms with E-state index in [0.29, 0.717) is 12.8 Å². The summed E-state index contributed by atoms with van der Waals surface area (Å²) in [5.74, 6) is -1.16. The molecule has 0 aromatic heterocycles. The molecule has 0 aromatic rings. The van der Waals surface area contributed by atoms with Crippen LogP contribution in [0.5, 0.6) is 0 Å². The van der Waals surface area contributed by atoms with Gasteiger partial charge in [-0.2, -0.15) is 0 Å². The van der Waals surface area contributed by atoms with Gasteiger partial charge in [-0.25, -0.2) is 4.79 Å². The zero-order valence-electron chi connectivity index (χ0n) is 10.9. The van der Waals surface area contributed by atoms with Crippen molar-refractivity contribution in [2.45, 2.75) is 58.5 Å². The molecule has 1 amide bonds. The third-order valence-electron chi connectivity index (χ3n) is 2.53. The van der Waals surface area contributed by atoms with E-state index in [1.807, 2.05) is 20.8 Å². The SMILES string of the molecule is CCCCC(N)C(=O)N[C@@H](CC(C)C)C(=O)O. The number of amides is 1. The number of carbonyl (C=O) groups is 2. The fourth-order valence-corrected chi connectivity index (χ4v) is 1.53. The first-order valence-corrected chi connectivity index (χ1v) is 6.17. The molecular weight excluding hydrogens is 220 g/mol. The van der Waals surface area contributed by atoms with E-state index in [-0.39, 0.29) is 11.8 Å². The molecule has 0 radical (unpaired) electrons. The second-order valence-corrected chi connectivity index (χ2v) is 4.78. The molecule has 0 saturated carbocycles. The second-order valence-electron chi connectivity index (χ2n) is 4.78. The monoisotopic (exact) mass is 244 g/mol. The molecule has 5 heteroatoms. The van der Waals surface area contributed by atoms with Gasteiger partial charge >= 0.3 is 5.97 Å². The third-order valence-corrected chi connectivity index (χ3v) is 2.53. The maximum absolute atomic E-state index is 11.6. The predicted octanol–water partition coefficient (Wildman–Crippen LogP) is 1.12. The summed E-state index contributed by atoms with van der Waals surface area (Å²) >= 11 is 0.